The normalized spacial score (nSPS) is 21.2. The van der Waals surface area contributed by atoms with E-state index in [1.165, 1.54) is 0 Å². The van der Waals surface area contributed by atoms with E-state index in [-0.39, 0.29) is 17.9 Å². The van der Waals surface area contributed by atoms with Gasteiger partial charge in [-0.15, -0.1) is 0 Å². The van der Waals surface area contributed by atoms with E-state index in [9.17, 15) is 14.4 Å². The standard InChI is InChI=1S/C33H46N4O5/c1-32(2,3)41-30(39)35-25-19-22(18-24-13-7-9-15-26(24)34-20-25)21-37-28-17-10-8-12-23(28)14-11-16-27(29(37)38)36-31(40)42-33(4,5)6/h7-10,12-13,15,17,22,25,27,34H,11,14,16,18-21H2,1-6H3,(H,35,39)(H,36,40)/t22?,25-,27?/m1/s1. The molecular weight excluding hydrogens is 532 g/mol. The third-order valence-corrected chi connectivity index (χ3v) is 7.32. The van der Waals surface area contributed by atoms with E-state index in [0.717, 1.165) is 35.3 Å². The maximum absolute atomic E-state index is 14.2. The lowest BCUT2D eigenvalue weighted by molar-refractivity contribution is -0.121. The van der Waals surface area contributed by atoms with Crippen LogP contribution in [0.4, 0.5) is 21.0 Å². The highest BCUT2D eigenvalue weighted by Gasteiger charge is 2.34. The fourth-order valence-electron chi connectivity index (χ4n) is 5.65. The molecule has 2 heterocycles. The highest BCUT2D eigenvalue weighted by atomic mass is 16.6. The number of alkyl carbamates (subject to hydrolysis) is 2. The van der Waals surface area contributed by atoms with Crippen LogP contribution in [-0.4, -0.2) is 54.5 Å². The minimum absolute atomic E-state index is 0.0202. The second kappa shape index (κ2) is 13.0. The number of amides is 3. The number of ether oxygens (including phenoxy) is 2. The summed E-state index contributed by atoms with van der Waals surface area (Å²) in [6.45, 7) is 11.9. The number of hydrogen-bond acceptors (Lipinski definition) is 6. The summed E-state index contributed by atoms with van der Waals surface area (Å²) >= 11 is 0. The highest BCUT2D eigenvalue weighted by molar-refractivity contribution is 5.99. The lowest BCUT2D eigenvalue weighted by atomic mass is 9.88. The number of carbonyl (C=O) groups is 3. The van der Waals surface area contributed by atoms with Crippen molar-refractivity contribution < 1.29 is 23.9 Å². The molecule has 228 valence electrons. The minimum atomic E-state index is -0.702. The number of rotatable bonds is 4. The zero-order valence-electron chi connectivity index (χ0n) is 25.8. The van der Waals surface area contributed by atoms with Crippen LogP contribution in [0.15, 0.2) is 48.5 Å². The fraction of sp³-hybridized carbons (Fsp3) is 0.545. The van der Waals surface area contributed by atoms with Crippen molar-refractivity contribution in [3.63, 3.8) is 0 Å². The molecule has 2 aliphatic rings. The molecule has 2 aromatic carbocycles. The number of carbonyl (C=O) groups excluding carboxylic acids is 3. The van der Waals surface area contributed by atoms with Crippen LogP contribution in [0.1, 0.15) is 71.9 Å². The van der Waals surface area contributed by atoms with Gasteiger partial charge in [0.2, 0.25) is 5.91 Å². The van der Waals surface area contributed by atoms with Gasteiger partial charge in [0.15, 0.2) is 0 Å². The van der Waals surface area contributed by atoms with Crippen molar-refractivity contribution in [2.75, 3.05) is 23.3 Å². The number of fused-ring (bicyclic) bond motifs is 2. The van der Waals surface area contributed by atoms with Gasteiger partial charge in [0.25, 0.3) is 0 Å². The van der Waals surface area contributed by atoms with Gasteiger partial charge in [-0.3, -0.25) is 4.79 Å². The van der Waals surface area contributed by atoms with E-state index in [1.807, 2.05) is 62.1 Å². The number of benzene rings is 2. The molecule has 2 unspecified atom stereocenters. The molecule has 9 nitrogen and oxygen atoms in total. The molecule has 2 aliphatic heterocycles. The SMILES string of the molecule is CC(C)(C)OC(=O)NC1CCCc2ccccc2N(CC2Cc3ccccc3NC[C@H](NC(=O)OC(C)(C)C)C2)C1=O. The Kier molecular flexibility index (Phi) is 9.69. The molecule has 4 rings (SSSR count). The molecule has 0 saturated heterocycles. The third kappa shape index (κ3) is 8.87. The second-order valence-electron chi connectivity index (χ2n) is 13.4. The van der Waals surface area contributed by atoms with E-state index in [1.54, 1.807) is 20.8 Å². The van der Waals surface area contributed by atoms with Crippen LogP contribution < -0.4 is 20.9 Å². The van der Waals surface area contributed by atoms with Crippen LogP contribution in [0.5, 0.6) is 0 Å². The van der Waals surface area contributed by atoms with Crippen molar-refractivity contribution in [1.29, 1.82) is 0 Å². The fourth-order valence-corrected chi connectivity index (χ4v) is 5.65. The Labute approximate surface area is 249 Å². The summed E-state index contributed by atoms with van der Waals surface area (Å²) in [4.78, 5) is 41.5. The van der Waals surface area contributed by atoms with Gasteiger partial charge in [-0.05, 0) is 103 Å². The van der Waals surface area contributed by atoms with Gasteiger partial charge in [-0.25, -0.2) is 9.59 Å². The Morgan fingerprint density at radius 2 is 1.52 bits per heavy atom. The van der Waals surface area contributed by atoms with E-state index < -0.39 is 29.4 Å². The monoisotopic (exact) mass is 578 g/mol. The Balaban J connectivity index is 1.63. The number of hydrogen-bond donors (Lipinski definition) is 3. The van der Waals surface area contributed by atoms with Crippen molar-refractivity contribution in [2.45, 2.75) is 96.9 Å². The van der Waals surface area contributed by atoms with E-state index >= 15 is 0 Å². The molecule has 2 aromatic rings. The summed E-state index contributed by atoms with van der Waals surface area (Å²) in [6.07, 6.45) is 2.37. The molecule has 0 fully saturated rings. The van der Waals surface area contributed by atoms with Crippen molar-refractivity contribution in [2.24, 2.45) is 5.92 Å². The Bertz CT molecular complexity index is 1270. The predicted octanol–water partition coefficient (Wildman–Crippen LogP) is 5.82. The predicted molar refractivity (Wildman–Crippen MR) is 165 cm³/mol. The first-order valence-corrected chi connectivity index (χ1v) is 15.0. The van der Waals surface area contributed by atoms with Crippen molar-refractivity contribution in [3.8, 4) is 0 Å². The zero-order chi connectivity index (χ0) is 30.5. The maximum atomic E-state index is 14.2. The number of nitrogens with zero attached hydrogens (tertiary/aromatic N) is 1. The molecule has 0 spiro atoms. The summed E-state index contributed by atoms with van der Waals surface area (Å²) in [5, 5.41) is 9.38. The molecule has 0 saturated carbocycles. The molecule has 3 atom stereocenters. The van der Waals surface area contributed by atoms with Crippen LogP contribution in [0, 0.1) is 5.92 Å². The van der Waals surface area contributed by atoms with Crippen LogP contribution in [0.3, 0.4) is 0 Å². The molecular formula is C33H46N4O5. The first-order chi connectivity index (χ1) is 19.8. The van der Waals surface area contributed by atoms with E-state index in [2.05, 4.69) is 28.1 Å². The highest BCUT2D eigenvalue weighted by Crippen LogP contribution is 2.31. The molecule has 3 amide bonds. The average molecular weight is 579 g/mol. The van der Waals surface area contributed by atoms with Crippen molar-refractivity contribution in [1.82, 2.24) is 10.6 Å². The van der Waals surface area contributed by atoms with Gasteiger partial charge in [-0.1, -0.05) is 36.4 Å². The molecule has 0 bridgehead atoms. The number of aryl methyl sites for hydroxylation is 1. The van der Waals surface area contributed by atoms with Crippen LogP contribution in [0.2, 0.25) is 0 Å². The second-order valence-corrected chi connectivity index (χ2v) is 13.4. The summed E-state index contributed by atoms with van der Waals surface area (Å²) < 4.78 is 11.0. The molecule has 0 aromatic heterocycles. The Morgan fingerprint density at radius 1 is 0.905 bits per heavy atom. The van der Waals surface area contributed by atoms with Crippen LogP contribution in [-0.2, 0) is 27.1 Å². The van der Waals surface area contributed by atoms with E-state index in [4.69, 9.17) is 9.47 Å². The Hall–Kier alpha value is -3.75. The number of anilines is 2. The third-order valence-electron chi connectivity index (χ3n) is 7.32. The lowest BCUT2D eigenvalue weighted by Crippen LogP contribution is -2.52. The molecule has 9 heteroatoms. The van der Waals surface area contributed by atoms with Crippen LogP contribution in [0.25, 0.3) is 0 Å². The first-order valence-electron chi connectivity index (χ1n) is 15.0. The number of para-hydroxylation sites is 2. The summed E-state index contributed by atoms with van der Waals surface area (Å²) in [7, 11) is 0. The largest absolute Gasteiger partial charge is 0.444 e. The van der Waals surface area contributed by atoms with Crippen molar-refractivity contribution >= 4 is 29.5 Å². The number of nitrogens with one attached hydrogen (secondary N) is 3. The van der Waals surface area contributed by atoms with Gasteiger partial charge in [-0.2, -0.15) is 0 Å². The molecule has 0 aliphatic carbocycles. The quantitative estimate of drug-likeness (QED) is 0.422. The van der Waals surface area contributed by atoms with E-state index in [0.29, 0.717) is 32.4 Å². The lowest BCUT2D eigenvalue weighted by Gasteiger charge is -2.36. The minimum Gasteiger partial charge on any atom is -0.444 e. The average Bonchev–Trinajstić information content (AvgIpc) is 2.86. The van der Waals surface area contributed by atoms with Gasteiger partial charge in [0.1, 0.15) is 17.2 Å². The molecule has 0 radical (unpaired) electrons. The van der Waals surface area contributed by atoms with Gasteiger partial charge in [0, 0.05) is 30.5 Å². The molecule has 3 N–H and O–H groups in total. The van der Waals surface area contributed by atoms with Gasteiger partial charge >= 0.3 is 12.2 Å². The molecule has 42 heavy (non-hydrogen) atoms. The zero-order valence-corrected chi connectivity index (χ0v) is 25.8. The topological polar surface area (TPSA) is 109 Å². The smallest absolute Gasteiger partial charge is 0.408 e. The first kappa shape index (κ1) is 31.2. The van der Waals surface area contributed by atoms with Crippen LogP contribution >= 0.6 is 0 Å². The Morgan fingerprint density at radius 3 is 2.21 bits per heavy atom. The summed E-state index contributed by atoms with van der Waals surface area (Å²) in [5.41, 5.74) is 2.87. The van der Waals surface area contributed by atoms with Gasteiger partial charge in [0.05, 0.1) is 0 Å². The maximum Gasteiger partial charge on any atom is 0.408 e. The van der Waals surface area contributed by atoms with Gasteiger partial charge < -0.3 is 30.3 Å². The van der Waals surface area contributed by atoms with Crippen molar-refractivity contribution in [3.05, 3.63) is 59.7 Å². The summed E-state index contributed by atoms with van der Waals surface area (Å²) in [6, 6.07) is 15.2. The summed E-state index contributed by atoms with van der Waals surface area (Å²) in [5.74, 6) is -0.134.